The van der Waals surface area contributed by atoms with Gasteiger partial charge in [0.1, 0.15) is 0 Å². The second-order valence-corrected chi connectivity index (χ2v) is 8.66. The van der Waals surface area contributed by atoms with Gasteiger partial charge in [-0.15, -0.1) is 11.3 Å². The monoisotopic (exact) mass is 250 g/mol. The molecule has 2 nitrogen and oxygen atoms in total. The van der Waals surface area contributed by atoms with Crippen LogP contribution in [0.1, 0.15) is 54.4 Å². The van der Waals surface area contributed by atoms with Crippen molar-refractivity contribution in [1.82, 2.24) is 7.42 Å². The molecular weight excluding hydrogens is 224 g/mol. The van der Waals surface area contributed by atoms with Gasteiger partial charge in [0.2, 0.25) is 0 Å². The van der Waals surface area contributed by atoms with E-state index < -0.39 is 0 Å². The van der Waals surface area contributed by atoms with Gasteiger partial charge < -0.3 is 0 Å². The van der Waals surface area contributed by atoms with Gasteiger partial charge >= 0.3 is 0 Å². The first-order valence-electron chi connectivity index (χ1n) is 5.78. The lowest BCUT2D eigenvalue weighted by atomic mass is 10.0. The summed E-state index contributed by atoms with van der Waals surface area (Å²) in [7, 11) is 0. The molecule has 1 fully saturated rings. The Labute approximate surface area is 103 Å². The van der Waals surface area contributed by atoms with Crippen LogP contribution in [0.3, 0.4) is 0 Å². The minimum atomic E-state index is -0.103. The van der Waals surface area contributed by atoms with Crippen LogP contribution >= 0.6 is 23.4 Å². The van der Waals surface area contributed by atoms with E-state index in [1.165, 1.54) is 12.8 Å². The predicted octanol–water partition coefficient (Wildman–Crippen LogP) is 4.01. The first kappa shape index (κ1) is 13.7. The van der Waals surface area contributed by atoms with E-state index in [2.05, 4.69) is 55.2 Å². The van der Waals surface area contributed by atoms with E-state index in [9.17, 15) is 0 Å². The van der Waals surface area contributed by atoms with Gasteiger partial charge in [-0.2, -0.15) is 7.42 Å². The molecule has 0 aliphatic carbocycles. The van der Waals surface area contributed by atoms with Crippen LogP contribution in [0.4, 0.5) is 0 Å². The standard InChI is InChI=1S/C11H26N2S2/c1-8-10(3,4)12-14-13(15(12)7)11(5,6)9-2/h15H,8-9H2,1-7H3. The molecule has 0 radical (unpaired) electrons. The molecule has 15 heavy (non-hydrogen) atoms. The van der Waals surface area contributed by atoms with Crippen LogP contribution in [-0.2, 0) is 0 Å². The highest BCUT2D eigenvalue weighted by molar-refractivity contribution is 8.33. The number of hydrogen-bond acceptors (Lipinski definition) is 3. The fourth-order valence-electron chi connectivity index (χ4n) is 1.50. The largest absolute Gasteiger partial charge is 0.183 e. The quantitative estimate of drug-likeness (QED) is 0.595. The van der Waals surface area contributed by atoms with E-state index in [1.54, 1.807) is 0 Å². The van der Waals surface area contributed by atoms with Crippen molar-refractivity contribution in [3.8, 4) is 0 Å². The summed E-state index contributed by atoms with van der Waals surface area (Å²) in [5.74, 6) is 0. The molecule has 0 aromatic rings. The summed E-state index contributed by atoms with van der Waals surface area (Å²) in [5, 5.41) is 0. The SMILES string of the molecule is CCC(C)(C)N1SN(C(C)(C)CC)[SH]1C. The van der Waals surface area contributed by atoms with Crippen molar-refractivity contribution >= 4 is 23.4 Å². The minimum Gasteiger partial charge on any atom is -0.183 e. The molecule has 0 unspecified atom stereocenters. The first-order valence-corrected chi connectivity index (χ1v) is 8.21. The Balaban J connectivity index is 2.63. The Morgan fingerprint density at radius 2 is 1.27 bits per heavy atom. The van der Waals surface area contributed by atoms with Crippen LogP contribution in [-0.4, -0.2) is 24.8 Å². The van der Waals surface area contributed by atoms with Crippen molar-refractivity contribution in [2.24, 2.45) is 0 Å². The maximum Gasteiger partial charge on any atom is 0.0372 e. The summed E-state index contributed by atoms with van der Waals surface area (Å²) in [5.41, 5.74) is 0.677. The van der Waals surface area contributed by atoms with Gasteiger partial charge in [-0.05, 0) is 46.8 Å². The molecule has 1 heterocycles. The van der Waals surface area contributed by atoms with Gasteiger partial charge in [-0.3, -0.25) is 0 Å². The van der Waals surface area contributed by atoms with Gasteiger partial charge in [-0.25, -0.2) is 0 Å². The Hall–Kier alpha value is 0.620. The summed E-state index contributed by atoms with van der Waals surface area (Å²) < 4.78 is 5.17. The number of nitrogens with zero attached hydrogens (tertiary/aromatic N) is 2. The maximum absolute atomic E-state index is 2.58. The summed E-state index contributed by atoms with van der Waals surface area (Å²) >= 11 is 1.84. The molecule has 0 amide bonds. The fourth-order valence-corrected chi connectivity index (χ4v) is 5.60. The third-order valence-corrected chi connectivity index (χ3v) is 8.73. The van der Waals surface area contributed by atoms with Crippen LogP contribution in [0.25, 0.3) is 0 Å². The Kier molecular flexibility index (Phi) is 4.08. The Morgan fingerprint density at radius 1 is 0.933 bits per heavy atom. The van der Waals surface area contributed by atoms with Crippen LogP contribution in [0, 0.1) is 0 Å². The third-order valence-electron chi connectivity index (χ3n) is 3.45. The van der Waals surface area contributed by atoms with Gasteiger partial charge in [-0.1, -0.05) is 13.8 Å². The molecular formula is C11H26N2S2. The molecule has 1 rings (SSSR count). The zero-order valence-electron chi connectivity index (χ0n) is 11.2. The number of thiol groups is 1. The second kappa shape index (κ2) is 4.47. The maximum atomic E-state index is 2.58. The normalized spacial score (nSPS) is 23.0. The molecule has 0 aromatic carbocycles. The Morgan fingerprint density at radius 3 is 1.47 bits per heavy atom. The van der Waals surface area contributed by atoms with Gasteiger partial charge in [0.25, 0.3) is 0 Å². The average Bonchev–Trinajstić information content (AvgIpc) is 2.14. The molecule has 1 aliphatic heterocycles. The molecule has 0 N–H and O–H groups in total. The number of hydrogen-bond donors (Lipinski definition) is 1. The molecule has 0 spiro atoms. The van der Waals surface area contributed by atoms with Crippen molar-refractivity contribution in [3.63, 3.8) is 0 Å². The van der Waals surface area contributed by atoms with Crippen molar-refractivity contribution < 1.29 is 0 Å². The summed E-state index contributed by atoms with van der Waals surface area (Å²) in [6, 6.07) is 0. The molecule has 1 aliphatic rings. The summed E-state index contributed by atoms with van der Waals surface area (Å²) in [4.78, 5) is 0. The van der Waals surface area contributed by atoms with Gasteiger partial charge in [0.15, 0.2) is 0 Å². The van der Waals surface area contributed by atoms with Crippen molar-refractivity contribution in [2.45, 2.75) is 65.5 Å². The predicted molar refractivity (Wildman–Crippen MR) is 74.9 cm³/mol. The van der Waals surface area contributed by atoms with E-state index in [-0.39, 0.29) is 11.3 Å². The molecule has 1 saturated heterocycles. The van der Waals surface area contributed by atoms with E-state index in [0.717, 1.165) is 0 Å². The summed E-state index contributed by atoms with van der Waals surface area (Å²) in [6.45, 7) is 13.9. The number of rotatable bonds is 4. The highest BCUT2D eigenvalue weighted by Crippen LogP contribution is 2.62. The van der Waals surface area contributed by atoms with Gasteiger partial charge in [0.05, 0.1) is 0 Å². The van der Waals surface area contributed by atoms with E-state index in [1.807, 2.05) is 12.1 Å². The van der Waals surface area contributed by atoms with Crippen LogP contribution in [0.2, 0.25) is 0 Å². The highest BCUT2D eigenvalue weighted by atomic mass is 32.3. The molecule has 92 valence electrons. The fraction of sp³-hybridized carbons (Fsp3) is 1.00. The lowest BCUT2D eigenvalue weighted by molar-refractivity contribution is 0.276. The van der Waals surface area contributed by atoms with Crippen molar-refractivity contribution in [3.05, 3.63) is 0 Å². The zero-order chi connectivity index (χ0) is 11.9. The van der Waals surface area contributed by atoms with E-state index >= 15 is 0 Å². The Bertz CT molecular complexity index is 207. The molecule has 0 saturated carbocycles. The smallest absolute Gasteiger partial charge is 0.0372 e. The van der Waals surface area contributed by atoms with Gasteiger partial charge in [0, 0.05) is 23.2 Å². The third kappa shape index (κ3) is 2.48. The van der Waals surface area contributed by atoms with Crippen molar-refractivity contribution in [1.29, 1.82) is 0 Å². The molecule has 0 aromatic heterocycles. The van der Waals surface area contributed by atoms with Crippen molar-refractivity contribution in [2.75, 3.05) is 6.26 Å². The zero-order valence-corrected chi connectivity index (χ0v) is 12.9. The molecule has 0 atom stereocenters. The van der Waals surface area contributed by atoms with E-state index in [0.29, 0.717) is 11.1 Å². The average molecular weight is 250 g/mol. The first-order chi connectivity index (χ1) is 6.76. The van der Waals surface area contributed by atoms with Crippen LogP contribution in [0.5, 0.6) is 0 Å². The lowest BCUT2D eigenvalue weighted by Gasteiger charge is -2.60. The lowest BCUT2D eigenvalue weighted by Crippen LogP contribution is -2.54. The summed E-state index contributed by atoms with van der Waals surface area (Å²) in [6.07, 6.45) is 4.81. The van der Waals surface area contributed by atoms with E-state index in [4.69, 9.17) is 0 Å². The molecule has 4 heteroatoms. The topological polar surface area (TPSA) is 6.48 Å². The highest BCUT2D eigenvalue weighted by Gasteiger charge is 2.46. The van der Waals surface area contributed by atoms with Crippen LogP contribution < -0.4 is 0 Å². The second-order valence-electron chi connectivity index (χ2n) is 5.45. The minimum absolute atomic E-state index is 0.103. The van der Waals surface area contributed by atoms with Crippen LogP contribution in [0.15, 0.2) is 0 Å². The molecule has 0 bridgehead atoms.